The molecule has 0 saturated carbocycles. The van der Waals surface area contributed by atoms with E-state index < -0.39 is 18.1 Å². The highest BCUT2D eigenvalue weighted by Gasteiger charge is 2.38. The van der Waals surface area contributed by atoms with Crippen LogP contribution in [-0.4, -0.2) is 58.3 Å². The lowest BCUT2D eigenvalue weighted by Crippen LogP contribution is -2.47. The van der Waals surface area contributed by atoms with E-state index in [0.717, 1.165) is 19.3 Å². The number of amides is 1. The number of likely N-dealkylation sites (tertiary alicyclic amines) is 1. The quantitative estimate of drug-likeness (QED) is 0.695. The molecule has 10 heteroatoms. The maximum Gasteiger partial charge on any atom is 0.490 e. The zero-order valence-corrected chi connectivity index (χ0v) is 11.1. The third kappa shape index (κ3) is 7.49. The zero-order chi connectivity index (χ0) is 16.6. The molecule has 1 saturated heterocycles. The average molecular weight is 314 g/mol. The van der Waals surface area contributed by atoms with Crippen molar-refractivity contribution in [2.24, 2.45) is 5.73 Å². The number of piperidine rings is 1. The van der Waals surface area contributed by atoms with Gasteiger partial charge >= 0.3 is 18.1 Å². The van der Waals surface area contributed by atoms with Gasteiger partial charge in [-0.15, -0.1) is 0 Å². The fourth-order valence-corrected chi connectivity index (χ4v) is 1.86. The fraction of sp³-hybridized carbons (Fsp3) is 0.727. The number of carbonyl (C=O) groups excluding carboxylic acids is 1. The molecule has 1 atom stereocenters. The van der Waals surface area contributed by atoms with Crippen molar-refractivity contribution in [2.75, 3.05) is 13.1 Å². The van der Waals surface area contributed by atoms with Gasteiger partial charge < -0.3 is 20.8 Å². The van der Waals surface area contributed by atoms with E-state index in [-0.39, 0.29) is 24.9 Å². The molecule has 122 valence electrons. The summed E-state index contributed by atoms with van der Waals surface area (Å²) in [5.74, 6) is -3.75. The molecular formula is C11H17F3N2O5. The van der Waals surface area contributed by atoms with Gasteiger partial charge in [-0.05, 0) is 19.3 Å². The minimum absolute atomic E-state index is 0.0316. The first-order chi connectivity index (χ1) is 9.59. The van der Waals surface area contributed by atoms with Crippen molar-refractivity contribution in [3.8, 4) is 0 Å². The molecule has 4 N–H and O–H groups in total. The van der Waals surface area contributed by atoms with E-state index in [1.165, 1.54) is 0 Å². The second-order valence-corrected chi connectivity index (χ2v) is 4.34. The van der Waals surface area contributed by atoms with Gasteiger partial charge in [-0.1, -0.05) is 0 Å². The van der Waals surface area contributed by atoms with Crippen molar-refractivity contribution in [2.45, 2.75) is 37.9 Å². The molecule has 1 aliphatic heterocycles. The number of nitrogens with two attached hydrogens (primary N) is 1. The molecule has 0 aliphatic carbocycles. The molecule has 0 radical (unpaired) electrons. The van der Waals surface area contributed by atoms with Gasteiger partial charge in [0, 0.05) is 12.6 Å². The Morgan fingerprint density at radius 3 is 2.10 bits per heavy atom. The van der Waals surface area contributed by atoms with E-state index in [0.29, 0.717) is 6.54 Å². The molecular weight excluding hydrogens is 297 g/mol. The summed E-state index contributed by atoms with van der Waals surface area (Å²) in [6.07, 6.45) is -2.34. The summed E-state index contributed by atoms with van der Waals surface area (Å²) in [5, 5.41) is 15.8. The van der Waals surface area contributed by atoms with Crippen molar-refractivity contribution in [3.05, 3.63) is 0 Å². The van der Waals surface area contributed by atoms with Crippen LogP contribution in [0.3, 0.4) is 0 Å². The number of aliphatic carboxylic acids is 2. The van der Waals surface area contributed by atoms with Crippen LogP contribution in [0.15, 0.2) is 0 Å². The summed E-state index contributed by atoms with van der Waals surface area (Å²) in [5.41, 5.74) is 5.26. The first kappa shape index (κ1) is 19.2. The highest BCUT2D eigenvalue weighted by molar-refractivity contribution is 5.79. The summed E-state index contributed by atoms with van der Waals surface area (Å²) >= 11 is 0. The lowest BCUT2D eigenvalue weighted by atomic mass is 9.99. The lowest BCUT2D eigenvalue weighted by molar-refractivity contribution is -0.192. The normalized spacial score (nSPS) is 18.5. The van der Waals surface area contributed by atoms with Crippen molar-refractivity contribution < 1.29 is 37.8 Å². The van der Waals surface area contributed by atoms with Gasteiger partial charge in [0.25, 0.3) is 0 Å². The first-order valence-electron chi connectivity index (χ1n) is 6.11. The number of hydrogen-bond acceptors (Lipinski definition) is 4. The van der Waals surface area contributed by atoms with Gasteiger partial charge in [0.15, 0.2) is 0 Å². The molecule has 0 aromatic heterocycles. The van der Waals surface area contributed by atoms with Crippen LogP contribution >= 0.6 is 0 Å². The van der Waals surface area contributed by atoms with Crippen LogP contribution in [0.25, 0.3) is 0 Å². The highest BCUT2D eigenvalue weighted by Crippen LogP contribution is 2.19. The summed E-state index contributed by atoms with van der Waals surface area (Å²) in [6, 6.07) is -0.155. The van der Waals surface area contributed by atoms with Gasteiger partial charge in [-0.2, -0.15) is 13.2 Å². The van der Waals surface area contributed by atoms with Gasteiger partial charge in [0.05, 0.1) is 13.0 Å². The van der Waals surface area contributed by atoms with Gasteiger partial charge in [-0.25, -0.2) is 4.79 Å². The van der Waals surface area contributed by atoms with E-state index in [1.807, 2.05) is 0 Å². The van der Waals surface area contributed by atoms with Crippen molar-refractivity contribution >= 4 is 17.8 Å². The Morgan fingerprint density at radius 1 is 1.19 bits per heavy atom. The molecule has 21 heavy (non-hydrogen) atoms. The van der Waals surface area contributed by atoms with Crippen LogP contribution in [0.2, 0.25) is 0 Å². The Kier molecular flexibility index (Phi) is 7.71. The molecule has 1 amide bonds. The molecule has 7 nitrogen and oxygen atoms in total. The van der Waals surface area contributed by atoms with E-state index in [9.17, 15) is 22.8 Å². The largest absolute Gasteiger partial charge is 0.490 e. The van der Waals surface area contributed by atoms with E-state index in [2.05, 4.69) is 0 Å². The smallest absolute Gasteiger partial charge is 0.481 e. The van der Waals surface area contributed by atoms with Gasteiger partial charge in [0.1, 0.15) is 0 Å². The van der Waals surface area contributed by atoms with Crippen LogP contribution in [0.5, 0.6) is 0 Å². The van der Waals surface area contributed by atoms with Crippen molar-refractivity contribution in [1.82, 2.24) is 4.90 Å². The van der Waals surface area contributed by atoms with Crippen molar-refractivity contribution in [1.29, 1.82) is 0 Å². The van der Waals surface area contributed by atoms with E-state index in [4.69, 9.17) is 20.7 Å². The highest BCUT2D eigenvalue weighted by atomic mass is 19.4. The third-order valence-electron chi connectivity index (χ3n) is 2.77. The number of nitrogens with zero attached hydrogens (tertiary/aromatic N) is 1. The first-order valence-corrected chi connectivity index (χ1v) is 6.11. The van der Waals surface area contributed by atoms with Crippen LogP contribution < -0.4 is 5.73 Å². The van der Waals surface area contributed by atoms with Crippen LogP contribution in [0.4, 0.5) is 13.2 Å². The number of alkyl halides is 3. The zero-order valence-electron chi connectivity index (χ0n) is 11.1. The number of carbonyl (C=O) groups is 3. The number of rotatable bonds is 3. The van der Waals surface area contributed by atoms with E-state index in [1.54, 1.807) is 4.90 Å². The predicted octanol–water partition coefficient (Wildman–Crippen LogP) is 0.434. The molecule has 0 spiro atoms. The third-order valence-corrected chi connectivity index (χ3v) is 2.77. The second kappa shape index (κ2) is 8.45. The topological polar surface area (TPSA) is 121 Å². The SMILES string of the molecule is NCC(=O)N1CCCCC1CC(=O)O.O=C(O)C(F)(F)F. The van der Waals surface area contributed by atoms with Crippen molar-refractivity contribution in [3.63, 3.8) is 0 Å². The van der Waals surface area contributed by atoms with Crippen LogP contribution in [0, 0.1) is 0 Å². The minimum Gasteiger partial charge on any atom is -0.481 e. The molecule has 1 fully saturated rings. The average Bonchev–Trinajstić information content (AvgIpc) is 2.37. The summed E-state index contributed by atoms with van der Waals surface area (Å²) in [4.78, 5) is 32.4. The lowest BCUT2D eigenvalue weighted by Gasteiger charge is -2.34. The van der Waals surface area contributed by atoms with Gasteiger partial charge in [-0.3, -0.25) is 9.59 Å². The Balaban J connectivity index is 0.000000486. The molecule has 1 aliphatic rings. The Hall–Kier alpha value is -1.84. The molecule has 1 unspecified atom stereocenters. The minimum atomic E-state index is -5.08. The summed E-state index contributed by atoms with van der Waals surface area (Å²) in [7, 11) is 0. The number of hydrogen-bond donors (Lipinski definition) is 3. The van der Waals surface area contributed by atoms with E-state index >= 15 is 0 Å². The summed E-state index contributed by atoms with van der Waals surface area (Å²) < 4.78 is 31.7. The Labute approximate surface area is 118 Å². The van der Waals surface area contributed by atoms with Gasteiger partial charge in [0.2, 0.25) is 5.91 Å². The number of carboxylic acid groups (broad SMARTS) is 2. The number of carboxylic acids is 2. The number of halogens is 3. The molecule has 1 rings (SSSR count). The second-order valence-electron chi connectivity index (χ2n) is 4.34. The Bertz CT molecular complexity index is 387. The maximum absolute atomic E-state index is 11.4. The molecule has 0 aromatic carbocycles. The van der Waals surface area contributed by atoms with Crippen LogP contribution in [-0.2, 0) is 14.4 Å². The maximum atomic E-state index is 11.4. The Morgan fingerprint density at radius 2 is 1.71 bits per heavy atom. The standard InChI is InChI=1S/C9H16N2O3.C2HF3O2/c10-6-8(12)11-4-2-1-3-7(11)5-9(13)14;3-2(4,5)1(6)7/h7H,1-6,10H2,(H,13,14);(H,6,7). The molecule has 0 bridgehead atoms. The fourth-order valence-electron chi connectivity index (χ4n) is 1.86. The monoisotopic (exact) mass is 314 g/mol. The molecule has 1 heterocycles. The molecule has 0 aromatic rings. The predicted molar refractivity (Wildman–Crippen MR) is 64.4 cm³/mol. The van der Waals surface area contributed by atoms with Crippen LogP contribution in [0.1, 0.15) is 25.7 Å². The summed E-state index contributed by atoms with van der Waals surface area (Å²) in [6.45, 7) is 0.615.